The van der Waals surface area contributed by atoms with Crippen LogP contribution in [0.3, 0.4) is 0 Å². The van der Waals surface area contributed by atoms with Gasteiger partial charge in [0.1, 0.15) is 36.7 Å². The maximum absolute atomic E-state index is 13.6. The maximum Gasteiger partial charge on any atom is 0.304 e. The summed E-state index contributed by atoms with van der Waals surface area (Å²) >= 11 is 12.6. The lowest BCUT2D eigenvalue weighted by Gasteiger charge is -2.37. The van der Waals surface area contributed by atoms with Crippen LogP contribution in [0.2, 0.25) is 10.6 Å². The van der Waals surface area contributed by atoms with Crippen molar-refractivity contribution in [3.05, 3.63) is 140 Å². The highest BCUT2D eigenvalue weighted by molar-refractivity contribution is 6.29. The molecule has 0 amide bonds. The number of esters is 4. The van der Waals surface area contributed by atoms with E-state index in [-0.39, 0.29) is 95.2 Å². The summed E-state index contributed by atoms with van der Waals surface area (Å²) in [4.78, 5) is 105. The molecule has 10 atom stereocenters. The number of aromatic nitrogens is 10. The van der Waals surface area contributed by atoms with Crippen molar-refractivity contribution >= 4 is 81.0 Å². The van der Waals surface area contributed by atoms with Crippen molar-refractivity contribution in [2.24, 2.45) is 0 Å². The Hall–Kier alpha value is -9.66. The minimum Gasteiger partial charge on any atom is -0.452 e. The second-order valence-electron chi connectivity index (χ2n) is 23.5. The smallest absolute Gasteiger partial charge is 0.304 e. The van der Waals surface area contributed by atoms with E-state index >= 15 is 0 Å². The molecule has 2 fully saturated rings. The average molecular weight is 1370 g/mol. The fraction of sp³-hybridized carbons (Fsp3) is 0.394. The van der Waals surface area contributed by atoms with E-state index in [1.807, 2.05) is 24.3 Å². The third kappa shape index (κ3) is 14.7. The highest BCUT2D eigenvalue weighted by Crippen LogP contribution is 2.46. The van der Waals surface area contributed by atoms with Gasteiger partial charge in [-0.2, -0.15) is 19.9 Å². The molecule has 8 aromatic rings. The van der Waals surface area contributed by atoms with E-state index in [2.05, 4.69) is 41.7 Å². The van der Waals surface area contributed by atoms with E-state index in [9.17, 15) is 28.8 Å². The third-order valence-electron chi connectivity index (χ3n) is 16.2. The number of hydrogen-bond acceptors (Lipinski definition) is 25. The summed E-state index contributed by atoms with van der Waals surface area (Å²) in [5, 5.41) is -0.483. The molecule has 0 radical (unpaired) electrons. The Morgan fingerprint density at radius 1 is 0.598 bits per heavy atom. The molecule has 0 spiro atoms. The lowest BCUT2D eigenvalue weighted by molar-refractivity contribution is -0.184. The van der Waals surface area contributed by atoms with Gasteiger partial charge in [0.15, 0.2) is 35.4 Å². The number of fused-ring (bicyclic) bond motifs is 2. The molecule has 0 aliphatic carbocycles. The maximum atomic E-state index is 13.6. The Morgan fingerprint density at radius 2 is 0.979 bits per heavy atom. The molecule has 2 saturated heterocycles. The first-order valence-electron chi connectivity index (χ1n) is 30.0. The number of nitrogens with two attached hydrogens (primary N) is 2. The summed E-state index contributed by atoms with van der Waals surface area (Å²) in [6.45, 7) is 6.64. The number of carbonyl (C=O) groups excluding carboxylic acids is 4. The number of carbonyl (C=O) groups is 4. The van der Waals surface area contributed by atoms with Crippen LogP contribution in [0.4, 0.5) is 11.6 Å². The molecule has 2 aromatic carbocycles. The fourth-order valence-electron chi connectivity index (χ4n) is 12.0. The van der Waals surface area contributed by atoms with Gasteiger partial charge in [-0.05, 0) is 83.6 Å². The van der Waals surface area contributed by atoms with Gasteiger partial charge in [-0.3, -0.25) is 47.0 Å². The second kappa shape index (κ2) is 29.0. The number of rotatable bonds is 26. The number of nitrogen functional groups attached to an aromatic ring is 2. The molecule has 2 unspecified atom stereocenters. The summed E-state index contributed by atoms with van der Waals surface area (Å²) in [6.07, 6.45) is 9.93. The Balaban J connectivity index is 1.02. The molecule has 4 N–H and O–H groups in total. The van der Waals surface area contributed by atoms with E-state index < -0.39 is 96.4 Å². The van der Waals surface area contributed by atoms with E-state index in [1.165, 1.54) is 45.1 Å². The predicted molar refractivity (Wildman–Crippen MR) is 348 cm³/mol. The first-order chi connectivity index (χ1) is 46.3. The van der Waals surface area contributed by atoms with Crippen molar-refractivity contribution in [2.75, 3.05) is 52.1 Å². The lowest BCUT2D eigenvalue weighted by Crippen LogP contribution is -2.54. The second-order valence-corrected chi connectivity index (χ2v) is 24.2. The van der Waals surface area contributed by atoms with E-state index in [1.54, 1.807) is 74.8 Å². The topological polar surface area (TPSA) is 353 Å². The monoisotopic (exact) mass is 1370 g/mol. The molecule has 8 heterocycles. The first-order valence-corrected chi connectivity index (χ1v) is 30.8. The average Bonchev–Trinajstić information content (AvgIpc) is 1.59. The Kier molecular flexibility index (Phi) is 20.9. The van der Waals surface area contributed by atoms with Crippen LogP contribution in [0.5, 0.6) is 0 Å². The van der Waals surface area contributed by atoms with Gasteiger partial charge in [0.05, 0.1) is 50.3 Å². The minimum atomic E-state index is -2.19. The number of ether oxygens (including phenoxy) is 11. The summed E-state index contributed by atoms with van der Waals surface area (Å²) in [5.74, 6) is 1.62. The number of terminal acetylenes is 2. The normalized spacial score (nSPS) is 21.9. The quantitative estimate of drug-likeness (QED) is 0.0289. The Bertz CT molecular complexity index is 4220. The molecule has 2 aliphatic heterocycles. The molecular formula is C66H68Cl2N12O17. The zero-order valence-electron chi connectivity index (χ0n) is 53.8. The van der Waals surface area contributed by atoms with Gasteiger partial charge in [0.2, 0.25) is 34.0 Å². The minimum absolute atomic E-state index is 0.0313. The number of hydrogen-bond donors (Lipinski definition) is 2. The van der Waals surface area contributed by atoms with Crippen molar-refractivity contribution in [1.29, 1.82) is 0 Å². The van der Waals surface area contributed by atoms with Gasteiger partial charge in [0.25, 0.3) is 11.1 Å². The molecular weight excluding hydrogens is 1300 g/mol. The number of benzene rings is 2. The number of nitrogens with zero attached hydrogens (tertiary/aromatic N) is 10. The van der Waals surface area contributed by atoms with Gasteiger partial charge in [-0.1, -0.05) is 60.4 Å². The van der Waals surface area contributed by atoms with Crippen LogP contribution in [0.1, 0.15) is 65.1 Å². The van der Waals surface area contributed by atoms with E-state index in [4.69, 9.17) is 99.6 Å². The van der Waals surface area contributed by atoms with Crippen molar-refractivity contribution in [1.82, 2.24) is 48.2 Å². The summed E-state index contributed by atoms with van der Waals surface area (Å²) in [6, 6.07) is 21.3. The highest BCUT2D eigenvalue weighted by Gasteiger charge is 2.64. The molecule has 0 bridgehead atoms. The molecule has 2 aliphatic rings. The van der Waals surface area contributed by atoms with Gasteiger partial charge < -0.3 is 63.6 Å². The van der Waals surface area contributed by atoms with Crippen LogP contribution in [0.25, 0.3) is 44.6 Å². The van der Waals surface area contributed by atoms with Crippen LogP contribution in [-0.4, -0.2) is 160 Å². The van der Waals surface area contributed by atoms with Gasteiger partial charge in [-0.25, -0.2) is 9.97 Å². The first kappa shape index (κ1) is 70.1. The lowest BCUT2D eigenvalue weighted by atomic mass is 9.91. The predicted octanol–water partition coefficient (Wildman–Crippen LogP) is 5.58. The Morgan fingerprint density at radius 3 is 1.32 bits per heavy atom. The standard InChI is InChI=1S/C66H68Cl2N12O17/c1-11-65(96-39(5)83)47(94-59(51(65)92-37(3)81)79-33-71-49-53(69)73-61(67)75-55(49)79)29-90-63(7,27-41-17-21-43(22-18-41)45-15-13-25-77(35-87-9)57(45)85)31-89-32-64(8,28-42-19-23-44(24-20-42)46-16-14-26-78(36-88-10)58(46)86)91-30-48-66(12-2,97-40(6)84)52(93-38(4)82)60(95-48)80-34-72-50-54(70)74-62(68)76-56(50)80/h1-2,13-26,33-34,47-48,51-52,59-60H,27-32,35-36H2,3-10H3,(H2,69,73,75)(H2,70,74,76)/t47-,48-,51+,52+,59-,60-,63?,64?,65-,66-/m1/s1. The summed E-state index contributed by atoms with van der Waals surface area (Å²) in [7, 11) is 2.97. The number of anilines is 2. The number of methoxy groups -OCH3 is 2. The van der Waals surface area contributed by atoms with Crippen molar-refractivity contribution in [3.8, 4) is 46.9 Å². The van der Waals surface area contributed by atoms with Crippen molar-refractivity contribution in [2.45, 2.75) is 127 Å². The Labute approximate surface area is 564 Å². The number of pyridine rings is 2. The third-order valence-corrected chi connectivity index (χ3v) is 16.6. The fourth-order valence-corrected chi connectivity index (χ4v) is 12.3. The summed E-state index contributed by atoms with van der Waals surface area (Å²) < 4.78 is 74.0. The molecule has 97 heavy (non-hydrogen) atoms. The van der Waals surface area contributed by atoms with Crippen LogP contribution in [0, 0.1) is 24.7 Å². The van der Waals surface area contributed by atoms with E-state index in [0.717, 1.165) is 27.7 Å². The zero-order valence-corrected chi connectivity index (χ0v) is 55.3. The largest absolute Gasteiger partial charge is 0.452 e. The molecule has 10 rings (SSSR count). The molecule has 29 nitrogen and oxygen atoms in total. The van der Waals surface area contributed by atoms with E-state index in [0.29, 0.717) is 33.4 Å². The van der Waals surface area contributed by atoms with Crippen LogP contribution in [0.15, 0.2) is 107 Å². The number of halogens is 2. The van der Waals surface area contributed by atoms with Crippen LogP contribution >= 0.6 is 23.2 Å². The van der Waals surface area contributed by atoms with Crippen molar-refractivity contribution in [3.63, 3.8) is 0 Å². The molecule has 508 valence electrons. The molecule has 31 heteroatoms. The molecule has 6 aromatic heterocycles. The van der Waals surface area contributed by atoms with Gasteiger partial charge >= 0.3 is 23.9 Å². The van der Waals surface area contributed by atoms with Crippen LogP contribution in [-0.2, 0) is 97.6 Å². The van der Waals surface area contributed by atoms with Crippen molar-refractivity contribution < 1.29 is 71.3 Å². The highest BCUT2D eigenvalue weighted by atomic mass is 35.5. The SMILES string of the molecule is C#C[C@@]1(OC(C)=O)[C@@H](COC(C)(COCC(C)(Cc2ccc(-c3cccn(COC)c3=O)cc2)OC[C@H]2O[C@@H](n3cnc4c(N)nc(Cl)nc43)[C@H](OC(C)=O)[C@]2(C#C)OC(C)=O)Cc2ccc(-c3cccn(COC)c3=O)cc2)O[C@@H](n2cnc3c(N)nc(Cl)nc32)[C@@H]1OC(C)=O. The van der Waals surface area contributed by atoms with Crippen LogP contribution < -0.4 is 22.6 Å². The van der Waals surface area contributed by atoms with Gasteiger partial charge in [0, 0.05) is 78.3 Å². The molecule has 0 saturated carbocycles. The van der Waals surface area contributed by atoms with Gasteiger partial charge in [-0.15, -0.1) is 12.8 Å². The number of imidazole rings is 2. The zero-order chi connectivity index (χ0) is 69.7. The summed E-state index contributed by atoms with van der Waals surface area (Å²) in [5.41, 5.74) is 8.38.